The van der Waals surface area contributed by atoms with Gasteiger partial charge in [-0.3, -0.25) is 4.79 Å². The zero-order valence-corrected chi connectivity index (χ0v) is 16.8. The van der Waals surface area contributed by atoms with E-state index in [2.05, 4.69) is 27.7 Å². The van der Waals surface area contributed by atoms with Gasteiger partial charge in [-0.25, -0.2) is 0 Å². The Morgan fingerprint density at radius 2 is 1.71 bits per heavy atom. The van der Waals surface area contributed by atoms with Crippen molar-refractivity contribution >= 4 is 23.0 Å². The molecule has 1 fully saturated rings. The van der Waals surface area contributed by atoms with Gasteiger partial charge in [-0.15, -0.1) is 0 Å². The average Bonchev–Trinajstić information content (AvgIpc) is 2.75. The molecule has 0 radical (unpaired) electrons. The van der Waals surface area contributed by atoms with Crippen LogP contribution in [0.3, 0.4) is 0 Å². The summed E-state index contributed by atoms with van der Waals surface area (Å²) in [6.45, 7) is 4.04. The van der Waals surface area contributed by atoms with Crippen LogP contribution in [-0.2, 0) is 4.79 Å². The molecule has 1 amide bonds. The molecule has 0 saturated carbocycles. The van der Waals surface area contributed by atoms with E-state index in [0.29, 0.717) is 11.5 Å². The van der Waals surface area contributed by atoms with Gasteiger partial charge in [0, 0.05) is 30.5 Å². The van der Waals surface area contributed by atoms with Crippen molar-refractivity contribution in [2.45, 2.75) is 32.2 Å². The standard InChI is InChI=1S/C22H29N3O3/c1-16(23-20-12-11-19(27-2)15-21(20)28-3)22(26)24-17-7-9-18(10-8-17)25-13-5-4-6-14-25/h7-12,15-16,23H,4-6,13-14H2,1-3H3,(H,24,26)/t16-/m0/s1. The Morgan fingerprint density at radius 1 is 1.00 bits per heavy atom. The minimum Gasteiger partial charge on any atom is -0.497 e. The van der Waals surface area contributed by atoms with Gasteiger partial charge in [-0.2, -0.15) is 0 Å². The maximum absolute atomic E-state index is 12.6. The van der Waals surface area contributed by atoms with Gasteiger partial charge in [0.1, 0.15) is 17.5 Å². The van der Waals surface area contributed by atoms with E-state index in [1.165, 1.54) is 24.9 Å². The summed E-state index contributed by atoms with van der Waals surface area (Å²) in [5.74, 6) is 1.22. The van der Waals surface area contributed by atoms with Crippen LogP contribution in [-0.4, -0.2) is 39.3 Å². The van der Waals surface area contributed by atoms with Crippen LogP contribution >= 0.6 is 0 Å². The van der Waals surface area contributed by atoms with Crippen molar-refractivity contribution in [1.82, 2.24) is 0 Å². The van der Waals surface area contributed by atoms with Gasteiger partial charge in [0.25, 0.3) is 0 Å². The van der Waals surface area contributed by atoms with Gasteiger partial charge >= 0.3 is 0 Å². The van der Waals surface area contributed by atoms with E-state index in [1.54, 1.807) is 20.3 Å². The minimum atomic E-state index is -0.427. The smallest absolute Gasteiger partial charge is 0.246 e. The Balaban J connectivity index is 1.59. The molecule has 1 heterocycles. The second-order valence-electron chi connectivity index (χ2n) is 7.02. The molecule has 1 saturated heterocycles. The largest absolute Gasteiger partial charge is 0.497 e. The van der Waals surface area contributed by atoms with E-state index in [4.69, 9.17) is 9.47 Å². The summed E-state index contributed by atoms with van der Waals surface area (Å²) in [5.41, 5.74) is 2.75. The van der Waals surface area contributed by atoms with E-state index >= 15 is 0 Å². The molecule has 28 heavy (non-hydrogen) atoms. The number of amides is 1. The number of hydrogen-bond acceptors (Lipinski definition) is 5. The van der Waals surface area contributed by atoms with Gasteiger partial charge in [-0.05, 0) is 62.6 Å². The number of carbonyl (C=O) groups is 1. The summed E-state index contributed by atoms with van der Waals surface area (Å²) < 4.78 is 10.6. The number of hydrogen-bond donors (Lipinski definition) is 2. The van der Waals surface area contributed by atoms with Crippen LogP contribution in [0.5, 0.6) is 11.5 Å². The molecule has 3 rings (SSSR count). The van der Waals surface area contributed by atoms with Crippen molar-refractivity contribution in [3.63, 3.8) is 0 Å². The molecule has 2 aromatic carbocycles. The monoisotopic (exact) mass is 383 g/mol. The molecule has 0 aromatic heterocycles. The summed E-state index contributed by atoms with van der Waals surface area (Å²) in [6, 6.07) is 13.1. The number of nitrogens with one attached hydrogen (secondary N) is 2. The highest BCUT2D eigenvalue weighted by molar-refractivity contribution is 5.96. The van der Waals surface area contributed by atoms with E-state index in [-0.39, 0.29) is 5.91 Å². The summed E-state index contributed by atoms with van der Waals surface area (Å²) in [7, 11) is 3.20. The van der Waals surface area contributed by atoms with Gasteiger partial charge < -0.3 is 25.0 Å². The third-order valence-electron chi connectivity index (χ3n) is 5.03. The molecule has 0 unspecified atom stereocenters. The van der Waals surface area contributed by atoms with E-state index in [9.17, 15) is 4.79 Å². The zero-order chi connectivity index (χ0) is 19.9. The summed E-state index contributed by atoms with van der Waals surface area (Å²) >= 11 is 0. The molecule has 150 valence electrons. The Kier molecular flexibility index (Phi) is 6.63. The summed E-state index contributed by atoms with van der Waals surface area (Å²) in [5, 5.41) is 6.16. The molecular weight excluding hydrogens is 354 g/mol. The molecule has 1 atom stereocenters. The number of methoxy groups -OCH3 is 2. The number of carbonyl (C=O) groups excluding carboxylic acids is 1. The third kappa shape index (κ3) is 4.88. The van der Waals surface area contributed by atoms with Crippen LogP contribution in [0.4, 0.5) is 17.1 Å². The lowest BCUT2D eigenvalue weighted by atomic mass is 10.1. The maximum atomic E-state index is 12.6. The van der Waals surface area contributed by atoms with Gasteiger partial charge in [-0.1, -0.05) is 0 Å². The highest BCUT2D eigenvalue weighted by atomic mass is 16.5. The predicted molar refractivity (Wildman–Crippen MR) is 114 cm³/mol. The molecule has 6 nitrogen and oxygen atoms in total. The lowest BCUT2D eigenvalue weighted by Crippen LogP contribution is -2.32. The number of nitrogens with zero attached hydrogens (tertiary/aromatic N) is 1. The van der Waals surface area contributed by atoms with Crippen LogP contribution in [0.15, 0.2) is 42.5 Å². The van der Waals surface area contributed by atoms with Gasteiger partial charge in [0.2, 0.25) is 5.91 Å². The van der Waals surface area contributed by atoms with Crippen molar-refractivity contribution in [3.8, 4) is 11.5 Å². The first-order valence-electron chi connectivity index (χ1n) is 9.75. The molecular formula is C22H29N3O3. The van der Waals surface area contributed by atoms with E-state index in [0.717, 1.165) is 24.5 Å². The zero-order valence-electron chi connectivity index (χ0n) is 16.8. The fourth-order valence-corrected chi connectivity index (χ4v) is 3.37. The highest BCUT2D eigenvalue weighted by Gasteiger charge is 2.16. The van der Waals surface area contributed by atoms with Crippen molar-refractivity contribution in [1.29, 1.82) is 0 Å². The van der Waals surface area contributed by atoms with Gasteiger partial charge in [0.05, 0.1) is 19.9 Å². The van der Waals surface area contributed by atoms with E-state index in [1.807, 2.05) is 31.2 Å². The number of rotatable bonds is 7. The first-order valence-corrected chi connectivity index (χ1v) is 9.75. The quantitative estimate of drug-likeness (QED) is 0.753. The third-order valence-corrected chi connectivity index (χ3v) is 5.03. The SMILES string of the molecule is COc1ccc(N[C@@H](C)C(=O)Nc2ccc(N3CCCCC3)cc2)c(OC)c1. The predicted octanol–water partition coefficient (Wildman–Crippen LogP) is 4.13. The molecule has 2 N–H and O–H groups in total. The van der Waals surface area contributed by atoms with Crippen molar-refractivity contribution in [2.75, 3.05) is 42.8 Å². The number of anilines is 3. The molecule has 2 aromatic rings. The molecule has 6 heteroatoms. The second-order valence-corrected chi connectivity index (χ2v) is 7.02. The molecule has 1 aliphatic heterocycles. The lowest BCUT2D eigenvalue weighted by Gasteiger charge is -2.28. The van der Waals surface area contributed by atoms with Crippen molar-refractivity contribution < 1.29 is 14.3 Å². The van der Waals surface area contributed by atoms with Crippen molar-refractivity contribution in [2.24, 2.45) is 0 Å². The van der Waals surface area contributed by atoms with Crippen LogP contribution < -0.4 is 25.0 Å². The normalized spacial score (nSPS) is 14.9. The molecule has 0 spiro atoms. The van der Waals surface area contributed by atoms with Crippen LogP contribution in [0.2, 0.25) is 0 Å². The first kappa shape index (κ1) is 19.9. The average molecular weight is 383 g/mol. The minimum absolute atomic E-state index is 0.108. The van der Waals surface area contributed by atoms with Crippen LogP contribution in [0.25, 0.3) is 0 Å². The van der Waals surface area contributed by atoms with Crippen molar-refractivity contribution in [3.05, 3.63) is 42.5 Å². The Labute approximate surface area is 166 Å². The first-order chi connectivity index (χ1) is 13.6. The Hall–Kier alpha value is -2.89. The van der Waals surface area contributed by atoms with Crippen LogP contribution in [0, 0.1) is 0 Å². The molecule has 0 aliphatic carbocycles. The molecule has 0 bridgehead atoms. The maximum Gasteiger partial charge on any atom is 0.246 e. The van der Waals surface area contributed by atoms with Crippen LogP contribution in [0.1, 0.15) is 26.2 Å². The fourth-order valence-electron chi connectivity index (χ4n) is 3.37. The van der Waals surface area contributed by atoms with Gasteiger partial charge in [0.15, 0.2) is 0 Å². The second kappa shape index (κ2) is 9.35. The number of benzene rings is 2. The molecule has 1 aliphatic rings. The van der Waals surface area contributed by atoms with E-state index < -0.39 is 6.04 Å². The number of ether oxygens (including phenoxy) is 2. The Morgan fingerprint density at radius 3 is 2.36 bits per heavy atom. The summed E-state index contributed by atoms with van der Waals surface area (Å²) in [4.78, 5) is 15.0. The Bertz CT molecular complexity index is 786. The number of piperidine rings is 1. The highest BCUT2D eigenvalue weighted by Crippen LogP contribution is 2.29. The fraction of sp³-hybridized carbons (Fsp3) is 0.409. The summed E-state index contributed by atoms with van der Waals surface area (Å²) in [6.07, 6.45) is 3.81. The lowest BCUT2D eigenvalue weighted by molar-refractivity contribution is -0.116. The topological polar surface area (TPSA) is 62.8 Å².